The molecule has 0 amide bonds. The Kier molecular flexibility index (Phi) is 14.5. The van der Waals surface area contributed by atoms with Gasteiger partial charge in [-0.05, 0) is 58.2 Å². The summed E-state index contributed by atoms with van der Waals surface area (Å²) in [5, 5.41) is 1.22. The first-order chi connectivity index (χ1) is 17.9. The van der Waals surface area contributed by atoms with Crippen molar-refractivity contribution in [1.29, 1.82) is 0 Å². The van der Waals surface area contributed by atoms with Gasteiger partial charge in [0.2, 0.25) is 0 Å². The summed E-state index contributed by atoms with van der Waals surface area (Å²) in [5.41, 5.74) is 19.2. The fraction of sp³-hybridized carbons (Fsp3) is 0.552. The van der Waals surface area contributed by atoms with E-state index in [1.165, 1.54) is 22.1 Å². The summed E-state index contributed by atoms with van der Waals surface area (Å²) in [4.78, 5) is 23.1. The maximum atomic E-state index is 9.50. The first-order valence-electron chi connectivity index (χ1n) is 13.4. The molecule has 38 heavy (non-hydrogen) atoms. The molecule has 2 atom stereocenters. The predicted octanol–water partition coefficient (Wildman–Crippen LogP) is 3.84. The Morgan fingerprint density at radius 2 is 1.89 bits per heavy atom. The third kappa shape index (κ3) is 9.97. The second kappa shape index (κ2) is 16.4. The lowest BCUT2D eigenvalue weighted by Crippen LogP contribution is -2.29. The minimum absolute atomic E-state index is 0.204. The largest absolute Gasteiger partial charge is 0.382 e. The van der Waals surface area contributed by atoms with Gasteiger partial charge in [-0.3, -0.25) is 0 Å². The molecule has 2 heterocycles. The summed E-state index contributed by atoms with van der Waals surface area (Å²) in [7, 11) is 7.11. The Morgan fingerprint density at radius 3 is 2.39 bits per heavy atom. The van der Waals surface area contributed by atoms with Gasteiger partial charge in [-0.25, -0.2) is 9.98 Å². The monoisotopic (exact) mass is 543 g/mol. The summed E-state index contributed by atoms with van der Waals surface area (Å²) in [5.74, 6) is 0.645. The van der Waals surface area contributed by atoms with Crippen LogP contribution in [-0.4, -0.2) is 59.8 Å². The lowest BCUT2D eigenvalue weighted by Gasteiger charge is -2.27. The third-order valence-electron chi connectivity index (χ3n) is 5.89. The maximum Gasteiger partial charge on any atom is 0.151 e. The van der Waals surface area contributed by atoms with Crippen LogP contribution < -0.4 is 21.7 Å². The van der Waals surface area contributed by atoms with Crippen LogP contribution in [0.2, 0.25) is 0 Å². The van der Waals surface area contributed by atoms with E-state index in [9.17, 15) is 4.79 Å². The molecule has 0 aliphatic carbocycles. The van der Waals surface area contributed by atoms with Crippen molar-refractivity contribution in [3.05, 3.63) is 52.7 Å². The Labute approximate surface area is 232 Å². The Hall–Kier alpha value is -2.54. The lowest BCUT2D eigenvalue weighted by atomic mass is 10.0. The van der Waals surface area contributed by atoms with Gasteiger partial charge < -0.3 is 30.6 Å². The fourth-order valence-corrected chi connectivity index (χ4v) is 4.33. The molecule has 2 aromatic rings. The number of aromatic nitrogens is 2. The van der Waals surface area contributed by atoms with E-state index in [0.29, 0.717) is 5.84 Å². The van der Waals surface area contributed by atoms with E-state index in [1.807, 2.05) is 47.9 Å². The number of carbonyl (C=O) groups is 1. The van der Waals surface area contributed by atoms with Crippen LogP contribution in [0.4, 0.5) is 5.69 Å². The number of hydrogen-bond acceptors (Lipinski definition) is 6. The molecule has 1 fully saturated rings. The van der Waals surface area contributed by atoms with E-state index in [1.54, 1.807) is 6.20 Å². The molecule has 0 spiro atoms. The number of aldehydes is 1. The standard InChI is InChI=1S/C23H36N7P.C4H8O.C2H6/c1-15(2)10-26-23(25)22-16(3)30(14-27-22)13-18-19(12-28(4)5)21(31)7-6-20(18)29-9-8-17(24)11-29;1-4(2)3-5;1-2/h6-7,10,14,17H,8-9,11-13,24,31H2,1-5H3,(H2,25,26);3-4H,1-2H3;1-2H3. The van der Waals surface area contributed by atoms with E-state index in [0.717, 1.165) is 55.8 Å². The van der Waals surface area contributed by atoms with Crippen molar-refractivity contribution in [2.75, 3.05) is 32.1 Å². The second-order valence-corrected chi connectivity index (χ2v) is 10.9. The van der Waals surface area contributed by atoms with E-state index in [2.05, 4.69) is 66.7 Å². The molecule has 4 N–H and O–H groups in total. The lowest BCUT2D eigenvalue weighted by molar-refractivity contribution is -0.110. The molecule has 3 rings (SSSR count). The van der Waals surface area contributed by atoms with Crippen LogP contribution in [0, 0.1) is 12.8 Å². The third-order valence-corrected chi connectivity index (χ3v) is 6.43. The van der Waals surface area contributed by atoms with Gasteiger partial charge in [0.1, 0.15) is 12.0 Å². The molecular weight excluding hydrogens is 493 g/mol. The number of imidazole rings is 1. The maximum absolute atomic E-state index is 9.50. The molecule has 9 heteroatoms. The van der Waals surface area contributed by atoms with Gasteiger partial charge in [0.15, 0.2) is 5.84 Å². The molecule has 0 bridgehead atoms. The van der Waals surface area contributed by atoms with Crippen LogP contribution >= 0.6 is 9.24 Å². The molecule has 2 unspecified atom stereocenters. The van der Waals surface area contributed by atoms with Crippen LogP contribution in [0.5, 0.6) is 0 Å². The van der Waals surface area contributed by atoms with Gasteiger partial charge in [-0.1, -0.05) is 39.3 Å². The average Bonchev–Trinajstić information content (AvgIpc) is 3.46. The van der Waals surface area contributed by atoms with Gasteiger partial charge in [0.05, 0.1) is 12.9 Å². The van der Waals surface area contributed by atoms with E-state index in [4.69, 9.17) is 11.5 Å². The van der Waals surface area contributed by atoms with Crippen molar-refractivity contribution >= 4 is 32.4 Å². The number of nitrogens with zero attached hydrogens (tertiary/aromatic N) is 5. The zero-order chi connectivity index (χ0) is 29.0. The zero-order valence-electron chi connectivity index (χ0n) is 25.0. The van der Waals surface area contributed by atoms with Gasteiger partial charge in [-0.15, -0.1) is 9.24 Å². The number of nitrogens with two attached hydrogens (primary N) is 2. The number of rotatable bonds is 8. The molecule has 1 aliphatic heterocycles. The topological polar surface area (TPSA) is 106 Å². The average molecular weight is 544 g/mol. The molecule has 0 radical (unpaired) electrons. The highest BCUT2D eigenvalue weighted by atomic mass is 31.0. The van der Waals surface area contributed by atoms with Crippen molar-refractivity contribution in [3.8, 4) is 0 Å². The quantitative estimate of drug-likeness (QED) is 0.227. The molecule has 1 saturated heterocycles. The number of hydrogen-bond donors (Lipinski definition) is 2. The van der Waals surface area contributed by atoms with Crippen LogP contribution in [0.25, 0.3) is 0 Å². The summed E-state index contributed by atoms with van der Waals surface area (Å²) in [6, 6.07) is 4.66. The van der Waals surface area contributed by atoms with Crippen LogP contribution in [0.3, 0.4) is 0 Å². The highest BCUT2D eigenvalue weighted by Crippen LogP contribution is 2.29. The first-order valence-corrected chi connectivity index (χ1v) is 14.0. The molecule has 8 nitrogen and oxygen atoms in total. The highest BCUT2D eigenvalue weighted by molar-refractivity contribution is 7.27. The van der Waals surface area contributed by atoms with Crippen LogP contribution in [-0.2, 0) is 17.9 Å². The van der Waals surface area contributed by atoms with Gasteiger partial charge in [-0.2, -0.15) is 0 Å². The SMILES string of the molecule is CC.CC(C)=CN=C(N)c1ncn(Cc2c(N3CCC(N)C3)ccc(P)c2CN(C)C)c1C.CC(C)C=O. The summed E-state index contributed by atoms with van der Waals surface area (Å²) in [6.45, 7) is 17.2. The number of aliphatic imine (C=N–C) groups is 1. The molecule has 1 aliphatic rings. The fourth-order valence-electron chi connectivity index (χ4n) is 3.96. The van der Waals surface area contributed by atoms with Crippen LogP contribution in [0.1, 0.15) is 70.5 Å². The van der Waals surface area contributed by atoms with Crippen molar-refractivity contribution in [2.45, 2.75) is 74.0 Å². The molecule has 0 saturated carbocycles. The normalized spacial score (nSPS) is 15.1. The molecule has 212 valence electrons. The smallest absolute Gasteiger partial charge is 0.151 e. The second-order valence-electron chi connectivity index (χ2n) is 10.3. The Balaban J connectivity index is 0.000000924. The number of amidine groups is 1. The van der Waals surface area contributed by atoms with Gasteiger partial charge in [0.25, 0.3) is 0 Å². The zero-order valence-corrected chi connectivity index (χ0v) is 26.1. The number of benzene rings is 1. The van der Waals surface area contributed by atoms with Crippen LogP contribution in [0.15, 0.2) is 35.2 Å². The number of anilines is 1. The van der Waals surface area contributed by atoms with Crippen molar-refractivity contribution in [2.24, 2.45) is 22.4 Å². The minimum atomic E-state index is 0.204. The Morgan fingerprint density at radius 1 is 1.26 bits per heavy atom. The minimum Gasteiger partial charge on any atom is -0.382 e. The van der Waals surface area contributed by atoms with Crippen molar-refractivity contribution < 1.29 is 4.79 Å². The van der Waals surface area contributed by atoms with E-state index in [-0.39, 0.29) is 12.0 Å². The molecular formula is C29H50N7OP. The van der Waals surface area contributed by atoms with Gasteiger partial charge in [0, 0.05) is 54.7 Å². The first kappa shape index (κ1) is 33.5. The van der Waals surface area contributed by atoms with E-state index < -0.39 is 0 Å². The highest BCUT2D eigenvalue weighted by Gasteiger charge is 2.24. The summed E-state index contributed by atoms with van der Waals surface area (Å²) < 4.78 is 2.17. The molecule has 1 aromatic heterocycles. The Bertz CT molecular complexity index is 1080. The predicted molar refractivity (Wildman–Crippen MR) is 166 cm³/mol. The molecule has 1 aromatic carbocycles. The summed E-state index contributed by atoms with van der Waals surface area (Å²) in [6.07, 6.45) is 5.58. The number of allylic oxidation sites excluding steroid dienone is 1. The number of carbonyl (C=O) groups excluding carboxylic acids is 1. The van der Waals surface area contributed by atoms with Crippen molar-refractivity contribution in [1.82, 2.24) is 14.5 Å². The van der Waals surface area contributed by atoms with Crippen molar-refractivity contribution in [3.63, 3.8) is 0 Å². The van der Waals surface area contributed by atoms with E-state index >= 15 is 0 Å². The van der Waals surface area contributed by atoms with Gasteiger partial charge >= 0.3 is 0 Å². The summed E-state index contributed by atoms with van der Waals surface area (Å²) >= 11 is 0.